The highest BCUT2D eigenvalue weighted by Crippen LogP contribution is 1.99. The van der Waals surface area contributed by atoms with Gasteiger partial charge in [0.15, 0.2) is 0 Å². The van der Waals surface area contributed by atoms with Crippen molar-refractivity contribution in [1.82, 2.24) is 0 Å². The zero-order valence-corrected chi connectivity index (χ0v) is 5.46. The van der Waals surface area contributed by atoms with Crippen molar-refractivity contribution in [2.75, 3.05) is 0 Å². The van der Waals surface area contributed by atoms with E-state index in [2.05, 4.69) is 4.99 Å². The summed E-state index contributed by atoms with van der Waals surface area (Å²) in [7, 11) is 0. The average Bonchev–Trinajstić information content (AvgIpc) is 1.97. The molecule has 0 saturated carbocycles. The number of hydrogen-bond donors (Lipinski definition) is 1. The first-order valence-electron chi connectivity index (χ1n) is 2.94. The van der Waals surface area contributed by atoms with Crippen molar-refractivity contribution in [3.63, 3.8) is 0 Å². The molecule has 1 aliphatic rings. The smallest absolute Gasteiger partial charge is 0.0461 e. The molecule has 48 valence electrons. The van der Waals surface area contributed by atoms with Crippen LogP contribution in [0.3, 0.4) is 0 Å². The highest BCUT2D eigenvalue weighted by atomic mass is 14.7. The van der Waals surface area contributed by atoms with Crippen LogP contribution in [-0.2, 0) is 0 Å². The molecule has 0 spiro atoms. The van der Waals surface area contributed by atoms with E-state index < -0.39 is 0 Å². The van der Waals surface area contributed by atoms with Gasteiger partial charge in [-0.25, -0.2) is 0 Å². The fourth-order valence-electron chi connectivity index (χ4n) is 0.646. The zero-order valence-electron chi connectivity index (χ0n) is 5.46. The molecule has 0 aliphatic carbocycles. The molecule has 1 heterocycles. The van der Waals surface area contributed by atoms with Crippen molar-refractivity contribution >= 4 is 5.71 Å². The minimum atomic E-state index is 0.820. The largest absolute Gasteiger partial charge is 0.401 e. The van der Waals surface area contributed by atoms with Gasteiger partial charge in [-0.1, -0.05) is 6.08 Å². The summed E-state index contributed by atoms with van der Waals surface area (Å²) < 4.78 is 0. The van der Waals surface area contributed by atoms with E-state index in [0.29, 0.717) is 0 Å². The third-order valence-electron chi connectivity index (χ3n) is 1.15. The van der Waals surface area contributed by atoms with Gasteiger partial charge < -0.3 is 5.73 Å². The summed E-state index contributed by atoms with van der Waals surface area (Å²) >= 11 is 0. The van der Waals surface area contributed by atoms with E-state index in [9.17, 15) is 0 Å². The molecular formula is C7H10N2. The van der Waals surface area contributed by atoms with Crippen LogP contribution < -0.4 is 5.73 Å². The van der Waals surface area contributed by atoms with Gasteiger partial charge in [-0.05, 0) is 13.0 Å². The molecule has 0 aromatic heterocycles. The molecule has 0 aromatic carbocycles. The second kappa shape index (κ2) is 2.49. The number of rotatable bonds is 0. The molecule has 1 rings (SSSR count). The van der Waals surface area contributed by atoms with Gasteiger partial charge in [0.25, 0.3) is 0 Å². The molecule has 1 aliphatic heterocycles. The molecule has 0 fully saturated rings. The van der Waals surface area contributed by atoms with Crippen molar-refractivity contribution in [3.05, 3.63) is 24.0 Å². The number of aliphatic imine (C=N–C) groups is 1. The summed E-state index contributed by atoms with van der Waals surface area (Å²) in [5.41, 5.74) is 7.33. The van der Waals surface area contributed by atoms with Gasteiger partial charge in [-0.2, -0.15) is 0 Å². The summed E-state index contributed by atoms with van der Waals surface area (Å²) in [4.78, 5) is 4.05. The number of hydrogen-bond acceptors (Lipinski definition) is 2. The van der Waals surface area contributed by atoms with Crippen LogP contribution in [0.4, 0.5) is 0 Å². The normalized spacial score (nSPS) is 18.3. The Morgan fingerprint density at radius 3 is 3.22 bits per heavy atom. The Morgan fingerprint density at radius 2 is 2.44 bits per heavy atom. The lowest BCUT2D eigenvalue weighted by molar-refractivity contribution is 1.16. The average molecular weight is 122 g/mol. The van der Waals surface area contributed by atoms with E-state index in [0.717, 1.165) is 17.8 Å². The van der Waals surface area contributed by atoms with Crippen LogP contribution in [0, 0.1) is 0 Å². The monoisotopic (exact) mass is 122 g/mol. The van der Waals surface area contributed by atoms with Gasteiger partial charge in [-0.3, -0.25) is 4.99 Å². The molecule has 0 aromatic rings. The van der Waals surface area contributed by atoms with Crippen molar-refractivity contribution in [3.8, 4) is 0 Å². The van der Waals surface area contributed by atoms with Crippen molar-refractivity contribution in [2.45, 2.75) is 13.3 Å². The zero-order chi connectivity index (χ0) is 6.69. The molecule has 2 N–H and O–H groups in total. The second-order valence-electron chi connectivity index (χ2n) is 2.08. The van der Waals surface area contributed by atoms with E-state index in [1.54, 1.807) is 6.20 Å². The molecule has 0 saturated heterocycles. The first-order chi connectivity index (χ1) is 4.29. The summed E-state index contributed by atoms with van der Waals surface area (Å²) in [6.45, 7) is 1.95. The van der Waals surface area contributed by atoms with E-state index in [1.807, 2.05) is 19.1 Å². The summed E-state index contributed by atoms with van der Waals surface area (Å²) in [6.07, 6.45) is 6.50. The minimum Gasteiger partial charge on any atom is -0.401 e. The Morgan fingerprint density at radius 1 is 1.67 bits per heavy atom. The quantitative estimate of drug-likeness (QED) is 0.515. The van der Waals surface area contributed by atoms with E-state index in [4.69, 9.17) is 5.73 Å². The molecule has 0 radical (unpaired) electrons. The minimum absolute atomic E-state index is 0.820. The first-order valence-corrected chi connectivity index (χ1v) is 2.94. The Bertz CT molecular complexity index is 187. The van der Waals surface area contributed by atoms with Crippen LogP contribution in [0.15, 0.2) is 29.0 Å². The molecule has 0 bridgehead atoms. The summed E-state index contributed by atoms with van der Waals surface area (Å²) in [5, 5.41) is 0. The van der Waals surface area contributed by atoms with Crippen LogP contribution in [0.25, 0.3) is 0 Å². The van der Waals surface area contributed by atoms with Gasteiger partial charge in [0.1, 0.15) is 0 Å². The molecule has 0 unspecified atom stereocenters. The number of allylic oxidation sites excluding steroid dienone is 2. The van der Waals surface area contributed by atoms with Crippen molar-refractivity contribution in [1.29, 1.82) is 0 Å². The Labute approximate surface area is 54.8 Å². The van der Waals surface area contributed by atoms with Gasteiger partial charge in [0, 0.05) is 24.0 Å². The van der Waals surface area contributed by atoms with Crippen molar-refractivity contribution < 1.29 is 0 Å². The molecule has 2 nitrogen and oxygen atoms in total. The maximum atomic E-state index is 5.50. The topological polar surface area (TPSA) is 38.4 Å². The molecule has 0 atom stereocenters. The SMILES string of the molecule is CC1=NC=C(N)CC=C1. The van der Waals surface area contributed by atoms with E-state index in [-0.39, 0.29) is 0 Å². The summed E-state index contributed by atoms with van der Waals surface area (Å²) in [5.74, 6) is 0. The van der Waals surface area contributed by atoms with Crippen LogP contribution in [-0.4, -0.2) is 5.71 Å². The lowest BCUT2D eigenvalue weighted by atomic mass is 10.3. The third-order valence-corrected chi connectivity index (χ3v) is 1.15. The predicted molar refractivity (Wildman–Crippen MR) is 39.1 cm³/mol. The lowest BCUT2D eigenvalue weighted by Gasteiger charge is -1.87. The fourth-order valence-corrected chi connectivity index (χ4v) is 0.646. The van der Waals surface area contributed by atoms with Crippen molar-refractivity contribution in [2.24, 2.45) is 10.7 Å². The molecule has 9 heavy (non-hydrogen) atoms. The maximum Gasteiger partial charge on any atom is 0.0461 e. The standard InChI is InChI=1S/C7H10N2/c1-6-3-2-4-7(8)5-9-6/h2-3,5H,4,8H2,1H3. The Balaban J connectivity index is 2.80. The molecule has 0 amide bonds. The fraction of sp³-hybridized carbons (Fsp3) is 0.286. The maximum absolute atomic E-state index is 5.50. The summed E-state index contributed by atoms with van der Waals surface area (Å²) in [6, 6.07) is 0. The molecular weight excluding hydrogens is 112 g/mol. The van der Waals surface area contributed by atoms with E-state index >= 15 is 0 Å². The Kier molecular flexibility index (Phi) is 1.68. The van der Waals surface area contributed by atoms with Gasteiger partial charge in [0.2, 0.25) is 0 Å². The lowest BCUT2D eigenvalue weighted by Crippen LogP contribution is -1.92. The van der Waals surface area contributed by atoms with Crippen LogP contribution >= 0.6 is 0 Å². The number of nitrogens with two attached hydrogens (primary N) is 1. The predicted octanol–water partition coefficient (Wildman–Crippen LogP) is 1.21. The van der Waals surface area contributed by atoms with Crippen LogP contribution in [0.2, 0.25) is 0 Å². The first kappa shape index (κ1) is 6.08. The highest BCUT2D eigenvalue weighted by molar-refractivity contribution is 5.93. The second-order valence-corrected chi connectivity index (χ2v) is 2.08. The number of nitrogens with zero attached hydrogens (tertiary/aromatic N) is 1. The molecule has 2 heteroatoms. The van der Waals surface area contributed by atoms with E-state index in [1.165, 1.54) is 0 Å². The Hall–Kier alpha value is -1.05. The van der Waals surface area contributed by atoms with Crippen LogP contribution in [0.1, 0.15) is 13.3 Å². The van der Waals surface area contributed by atoms with Gasteiger partial charge in [-0.15, -0.1) is 0 Å². The third kappa shape index (κ3) is 1.72. The van der Waals surface area contributed by atoms with Gasteiger partial charge >= 0.3 is 0 Å². The van der Waals surface area contributed by atoms with Gasteiger partial charge in [0.05, 0.1) is 0 Å². The highest BCUT2D eigenvalue weighted by Gasteiger charge is 1.89. The van der Waals surface area contributed by atoms with Crippen LogP contribution in [0.5, 0.6) is 0 Å².